The number of fused-ring (bicyclic) bond motifs is 6. The van der Waals surface area contributed by atoms with E-state index in [-0.39, 0.29) is 10.8 Å². The predicted molar refractivity (Wildman–Crippen MR) is 135 cm³/mol. The SMILES string of the molecule is COc1c2c(c(OC)c3ccccc13)[C@@H]1[C@H](CO2)c2ccccc2N1S(=O)(=O)c1ccc(C)cc1. The van der Waals surface area contributed by atoms with Crippen molar-refractivity contribution < 1.29 is 22.6 Å². The zero-order valence-corrected chi connectivity index (χ0v) is 20.5. The molecule has 0 unspecified atom stereocenters. The van der Waals surface area contributed by atoms with Crippen LogP contribution in [0.15, 0.2) is 77.7 Å². The second-order valence-corrected chi connectivity index (χ2v) is 10.7. The minimum absolute atomic E-state index is 0.196. The normalized spacial score (nSPS) is 18.4. The van der Waals surface area contributed by atoms with Crippen LogP contribution in [0.1, 0.15) is 28.7 Å². The first-order valence-corrected chi connectivity index (χ1v) is 12.9. The minimum atomic E-state index is -3.90. The smallest absolute Gasteiger partial charge is 0.264 e. The Labute approximate surface area is 204 Å². The van der Waals surface area contributed by atoms with Crippen molar-refractivity contribution in [1.29, 1.82) is 0 Å². The lowest BCUT2D eigenvalue weighted by Gasteiger charge is -2.36. The van der Waals surface area contributed by atoms with Crippen molar-refractivity contribution in [1.82, 2.24) is 0 Å². The number of hydrogen-bond donors (Lipinski definition) is 0. The predicted octanol–water partition coefficient (Wildman–Crippen LogP) is 5.59. The number of para-hydroxylation sites is 1. The molecule has 0 saturated heterocycles. The third-order valence-electron chi connectivity index (χ3n) is 7.01. The highest BCUT2D eigenvalue weighted by Gasteiger charge is 2.51. The van der Waals surface area contributed by atoms with Gasteiger partial charge in [-0.25, -0.2) is 8.42 Å². The molecular weight excluding hydrogens is 462 g/mol. The van der Waals surface area contributed by atoms with Crippen molar-refractivity contribution in [2.45, 2.75) is 23.8 Å². The van der Waals surface area contributed by atoms with E-state index in [1.54, 1.807) is 30.7 Å². The number of methoxy groups -OCH3 is 2. The third-order valence-corrected chi connectivity index (χ3v) is 8.82. The Morgan fingerprint density at radius 2 is 1.49 bits per heavy atom. The lowest BCUT2D eigenvalue weighted by atomic mass is 9.86. The summed E-state index contributed by atoms with van der Waals surface area (Å²) in [5.74, 6) is 1.52. The molecule has 178 valence electrons. The Balaban J connectivity index is 1.67. The van der Waals surface area contributed by atoms with Gasteiger partial charge in [0.1, 0.15) is 5.75 Å². The highest BCUT2D eigenvalue weighted by Crippen LogP contribution is 2.60. The molecule has 6 rings (SSSR count). The van der Waals surface area contributed by atoms with Gasteiger partial charge in [-0.15, -0.1) is 0 Å². The molecule has 35 heavy (non-hydrogen) atoms. The van der Waals surface area contributed by atoms with E-state index in [9.17, 15) is 8.42 Å². The number of benzene rings is 4. The van der Waals surface area contributed by atoms with E-state index in [1.807, 2.05) is 67.6 Å². The standard InChI is InChI=1S/C28H25NO5S/c1-17-12-14-18(15-13-17)35(30,31)29-23-11-7-6-8-19(23)22-16-34-28-24(25(22)29)26(32-2)20-9-4-5-10-21(20)27(28)33-3/h4-15,22,25H,16H2,1-3H3/t22-,25+/m1/s1. The first kappa shape index (κ1) is 21.8. The molecule has 0 aromatic heterocycles. The lowest BCUT2D eigenvalue weighted by Crippen LogP contribution is -2.37. The highest BCUT2D eigenvalue weighted by atomic mass is 32.2. The Kier molecular flexibility index (Phi) is 4.93. The van der Waals surface area contributed by atoms with E-state index in [2.05, 4.69) is 0 Å². The molecule has 4 aromatic rings. The van der Waals surface area contributed by atoms with Crippen LogP contribution < -0.4 is 18.5 Å². The monoisotopic (exact) mass is 487 g/mol. The molecule has 0 bridgehead atoms. The summed E-state index contributed by atoms with van der Waals surface area (Å²) >= 11 is 0. The Hall–Kier alpha value is -3.71. The van der Waals surface area contributed by atoms with Crippen LogP contribution in [0.4, 0.5) is 5.69 Å². The van der Waals surface area contributed by atoms with E-state index in [4.69, 9.17) is 14.2 Å². The fraction of sp³-hybridized carbons (Fsp3) is 0.214. The summed E-state index contributed by atoms with van der Waals surface area (Å²) in [4.78, 5) is 0.248. The van der Waals surface area contributed by atoms with Gasteiger partial charge in [0.05, 0.1) is 43.0 Å². The van der Waals surface area contributed by atoms with Crippen molar-refractivity contribution in [3.63, 3.8) is 0 Å². The molecule has 0 saturated carbocycles. The van der Waals surface area contributed by atoms with Gasteiger partial charge < -0.3 is 14.2 Å². The largest absolute Gasteiger partial charge is 0.496 e. The van der Waals surface area contributed by atoms with Crippen LogP contribution in [-0.4, -0.2) is 29.2 Å². The van der Waals surface area contributed by atoms with E-state index < -0.39 is 16.1 Å². The number of rotatable bonds is 4. The highest BCUT2D eigenvalue weighted by molar-refractivity contribution is 7.92. The van der Waals surface area contributed by atoms with Crippen LogP contribution in [-0.2, 0) is 10.0 Å². The van der Waals surface area contributed by atoms with E-state index in [1.165, 1.54) is 0 Å². The molecule has 7 heteroatoms. The second-order valence-electron chi connectivity index (χ2n) is 8.89. The molecule has 2 atom stereocenters. The average Bonchev–Trinajstić information content (AvgIpc) is 3.23. The average molecular weight is 488 g/mol. The minimum Gasteiger partial charge on any atom is -0.496 e. The van der Waals surface area contributed by atoms with Crippen molar-refractivity contribution in [2.24, 2.45) is 0 Å². The van der Waals surface area contributed by atoms with Gasteiger partial charge in [-0.3, -0.25) is 4.31 Å². The van der Waals surface area contributed by atoms with Crippen molar-refractivity contribution in [2.75, 3.05) is 25.1 Å². The van der Waals surface area contributed by atoms with Gasteiger partial charge in [0, 0.05) is 16.7 Å². The first-order chi connectivity index (χ1) is 17.0. The zero-order valence-electron chi connectivity index (χ0n) is 19.7. The molecule has 0 aliphatic carbocycles. The molecule has 2 heterocycles. The number of ether oxygens (including phenoxy) is 3. The summed E-state index contributed by atoms with van der Waals surface area (Å²) in [7, 11) is -0.683. The van der Waals surface area contributed by atoms with Gasteiger partial charge in [-0.1, -0.05) is 60.2 Å². The fourth-order valence-corrected chi connectivity index (χ4v) is 7.15. The van der Waals surface area contributed by atoms with Crippen molar-refractivity contribution in [3.8, 4) is 17.2 Å². The maximum Gasteiger partial charge on any atom is 0.264 e. The molecule has 4 aromatic carbocycles. The number of hydrogen-bond acceptors (Lipinski definition) is 5. The summed E-state index contributed by atoms with van der Waals surface area (Å²) < 4.78 is 48.1. The molecule has 6 nitrogen and oxygen atoms in total. The molecule has 0 spiro atoms. The summed E-state index contributed by atoms with van der Waals surface area (Å²) in [5, 5.41) is 1.70. The van der Waals surface area contributed by atoms with E-state index in [0.29, 0.717) is 35.1 Å². The third kappa shape index (κ3) is 3.04. The molecular formula is C28H25NO5S. The van der Waals surface area contributed by atoms with Gasteiger partial charge >= 0.3 is 0 Å². The Morgan fingerprint density at radius 1 is 0.857 bits per heavy atom. The van der Waals surface area contributed by atoms with Gasteiger partial charge in [0.2, 0.25) is 0 Å². The summed E-state index contributed by atoms with van der Waals surface area (Å²) in [6.07, 6.45) is 0. The van der Waals surface area contributed by atoms with E-state index >= 15 is 0 Å². The van der Waals surface area contributed by atoms with Crippen LogP contribution >= 0.6 is 0 Å². The summed E-state index contributed by atoms with van der Waals surface area (Å²) in [6.45, 7) is 2.26. The topological polar surface area (TPSA) is 65.1 Å². The number of anilines is 1. The van der Waals surface area contributed by atoms with Gasteiger partial charge in [-0.2, -0.15) is 0 Å². The number of nitrogens with zero attached hydrogens (tertiary/aromatic N) is 1. The van der Waals surface area contributed by atoms with Crippen molar-refractivity contribution >= 4 is 26.5 Å². The van der Waals surface area contributed by atoms with Crippen LogP contribution in [0.25, 0.3) is 10.8 Å². The maximum atomic E-state index is 14.2. The number of sulfonamides is 1. The quantitative estimate of drug-likeness (QED) is 0.375. The van der Waals surface area contributed by atoms with Gasteiger partial charge in [0.25, 0.3) is 10.0 Å². The van der Waals surface area contributed by atoms with Crippen molar-refractivity contribution in [3.05, 3.63) is 89.5 Å². The van der Waals surface area contributed by atoms with Gasteiger partial charge in [-0.05, 0) is 30.7 Å². The summed E-state index contributed by atoms with van der Waals surface area (Å²) in [6, 6.07) is 21.9. The van der Waals surface area contributed by atoms with Gasteiger partial charge in [0.15, 0.2) is 11.5 Å². The Morgan fingerprint density at radius 3 is 2.17 bits per heavy atom. The number of aryl methyl sites for hydroxylation is 1. The maximum absolute atomic E-state index is 14.2. The van der Waals surface area contributed by atoms with E-state index in [0.717, 1.165) is 21.9 Å². The van der Waals surface area contributed by atoms with Crippen LogP contribution in [0.2, 0.25) is 0 Å². The molecule has 0 amide bonds. The Bertz CT molecular complexity index is 1560. The summed E-state index contributed by atoms with van der Waals surface area (Å²) in [5.41, 5.74) is 3.28. The molecule has 2 aliphatic rings. The second kappa shape index (κ2) is 7.92. The molecule has 0 fully saturated rings. The molecule has 2 aliphatic heterocycles. The van der Waals surface area contributed by atoms with Crippen LogP contribution in [0.5, 0.6) is 17.2 Å². The molecule has 0 N–H and O–H groups in total. The zero-order chi connectivity index (χ0) is 24.3. The van der Waals surface area contributed by atoms with Crippen LogP contribution in [0.3, 0.4) is 0 Å². The first-order valence-electron chi connectivity index (χ1n) is 11.5. The fourth-order valence-electron chi connectivity index (χ4n) is 5.47. The van der Waals surface area contributed by atoms with Crippen LogP contribution in [0, 0.1) is 6.92 Å². The molecule has 0 radical (unpaired) electrons. The lowest BCUT2D eigenvalue weighted by molar-refractivity contribution is 0.231.